The molecular formula is C23H28N2O7S. The van der Waals surface area contributed by atoms with Crippen LogP contribution < -0.4 is 5.32 Å². The van der Waals surface area contributed by atoms with Crippen molar-refractivity contribution in [3.63, 3.8) is 0 Å². The van der Waals surface area contributed by atoms with Crippen LogP contribution in [0, 0.1) is 17.8 Å². The number of imide groups is 1. The molecule has 1 aromatic heterocycles. The standard InChI is InChI=1S/C23H28N2O7S/c1-12-7-8-15-16(9-12)33-20(19(15)23(30)31-2)24-17(26)11-32-18(27)10-25-21(28)13-5-3-4-6-14(13)22(25)29/h12-14H,3-11H2,1-2H3,(H,24,26)/t12-,13-,14+/m0/s1. The van der Waals surface area contributed by atoms with E-state index in [1.807, 2.05) is 0 Å². The summed E-state index contributed by atoms with van der Waals surface area (Å²) >= 11 is 1.34. The minimum absolute atomic E-state index is 0.327. The summed E-state index contributed by atoms with van der Waals surface area (Å²) in [5, 5.41) is 3.04. The van der Waals surface area contributed by atoms with Crippen LogP contribution in [0.25, 0.3) is 0 Å². The van der Waals surface area contributed by atoms with Crippen molar-refractivity contribution in [1.82, 2.24) is 4.90 Å². The van der Waals surface area contributed by atoms with Gasteiger partial charge in [0.05, 0.1) is 24.5 Å². The quantitative estimate of drug-likeness (QED) is 0.494. The van der Waals surface area contributed by atoms with E-state index in [9.17, 15) is 24.0 Å². The summed E-state index contributed by atoms with van der Waals surface area (Å²) in [6.07, 6.45) is 5.64. The summed E-state index contributed by atoms with van der Waals surface area (Å²) in [6, 6.07) is 0. The van der Waals surface area contributed by atoms with Crippen LogP contribution in [0.4, 0.5) is 5.00 Å². The fraction of sp³-hybridized carbons (Fsp3) is 0.609. The number of carbonyl (C=O) groups is 5. The minimum Gasteiger partial charge on any atom is -0.465 e. The second-order valence-corrected chi connectivity index (χ2v) is 10.1. The fourth-order valence-corrected chi connectivity index (χ4v) is 6.44. The van der Waals surface area contributed by atoms with Gasteiger partial charge in [0.25, 0.3) is 5.91 Å². The van der Waals surface area contributed by atoms with Crippen LogP contribution in [0.2, 0.25) is 0 Å². The zero-order valence-corrected chi connectivity index (χ0v) is 19.6. The lowest BCUT2D eigenvalue weighted by atomic mass is 9.81. The molecule has 0 spiro atoms. The van der Waals surface area contributed by atoms with Crippen LogP contribution >= 0.6 is 11.3 Å². The molecule has 2 heterocycles. The van der Waals surface area contributed by atoms with Gasteiger partial charge < -0.3 is 14.8 Å². The highest BCUT2D eigenvalue weighted by atomic mass is 32.1. The SMILES string of the molecule is COC(=O)c1c(NC(=O)COC(=O)CN2C(=O)[C@H]3CCCC[C@H]3C2=O)sc2c1CC[C@H](C)C2. The molecule has 2 fully saturated rings. The maximum atomic E-state index is 12.5. The second kappa shape index (κ2) is 9.62. The van der Waals surface area contributed by atoms with E-state index in [2.05, 4.69) is 12.2 Å². The molecular weight excluding hydrogens is 448 g/mol. The summed E-state index contributed by atoms with van der Waals surface area (Å²) in [4.78, 5) is 64.0. The Morgan fingerprint density at radius 3 is 2.39 bits per heavy atom. The van der Waals surface area contributed by atoms with E-state index >= 15 is 0 Å². The van der Waals surface area contributed by atoms with Gasteiger partial charge in [0.1, 0.15) is 11.5 Å². The molecule has 0 radical (unpaired) electrons. The van der Waals surface area contributed by atoms with E-state index < -0.39 is 31.0 Å². The first-order valence-electron chi connectivity index (χ1n) is 11.3. The van der Waals surface area contributed by atoms with Gasteiger partial charge in [-0.2, -0.15) is 0 Å². The number of thiophene rings is 1. The Labute approximate surface area is 195 Å². The summed E-state index contributed by atoms with van der Waals surface area (Å²) in [5.41, 5.74) is 1.27. The van der Waals surface area contributed by atoms with Gasteiger partial charge in [-0.3, -0.25) is 24.1 Å². The molecule has 3 aliphatic rings. The van der Waals surface area contributed by atoms with Crippen molar-refractivity contribution in [3.8, 4) is 0 Å². The third kappa shape index (κ3) is 4.66. The van der Waals surface area contributed by atoms with E-state index in [1.54, 1.807) is 0 Å². The summed E-state index contributed by atoms with van der Waals surface area (Å²) in [6.45, 7) is 1.07. The van der Waals surface area contributed by atoms with E-state index in [0.717, 1.165) is 47.4 Å². The van der Waals surface area contributed by atoms with Gasteiger partial charge in [-0.05, 0) is 43.6 Å². The second-order valence-electron chi connectivity index (χ2n) is 9.02. The molecule has 2 aliphatic carbocycles. The van der Waals surface area contributed by atoms with Crippen molar-refractivity contribution in [2.75, 3.05) is 25.6 Å². The lowest BCUT2D eigenvalue weighted by Gasteiger charge is -2.19. The van der Waals surface area contributed by atoms with E-state index in [4.69, 9.17) is 9.47 Å². The van der Waals surface area contributed by atoms with Crippen LogP contribution in [-0.4, -0.2) is 54.8 Å². The van der Waals surface area contributed by atoms with Gasteiger partial charge in [-0.1, -0.05) is 19.8 Å². The minimum atomic E-state index is -0.821. The molecule has 10 heteroatoms. The molecule has 3 atom stereocenters. The highest BCUT2D eigenvalue weighted by molar-refractivity contribution is 7.17. The molecule has 1 aromatic rings. The molecule has 4 rings (SSSR count). The molecule has 1 aliphatic heterocycles. The van der Waals surface area contributed by atoms with Crippen LogP contribution in [0.3, 0.4) is 0 Å². The number of nitrogens with one attached hydrogen (secondary N) is 1. The first-order valence-corrected chi connectivity index (χ1v) is 12.1. The maximum Gasteiger partial charge on any atom is 0.341 e. The first-order chi connectivity index (χ1) is 15.8. The molecule has 0 unspecified atom stereocenters. The Morgan fingerprint density at radius 1 is 1.09 bits per heavy atom. The van der Waals surface area contributed by atoms with Crippen LogP contribution in [0.1, 0.15) is 59.8 Å². The monoisotopic (exact) mass is 476 g/mol. The van der Waals surface area contributed by atoms with Crippen molar-refractivity contribution in [2.24, 2.45) is 17.8 Å². The number of esters is 2. The third-order valence-corrected chi connectivity index (χ3v) is 7.91. The number of carbonyl (C=O) groups excluding carboxylic acids is 5. The molecule has 33 heavy (non-hydrogen) atoms. The van der Waals surface area contributed by atoms with Crippen molar-refractivity contribution in [2.45, 2.75) is 51.9 Å². The summed E-state index contributed by atoms with van der Waals surface area (Å²) in [7, 11) is 1.29. The Hall–Kier alpha value is -2.75. The number of rotatable bonds is 6. The summed E-state index contributed by atoms with van der Waals surface area (Å²) < 4.78 is 9.93. The average molecular weight is 477 g/mol. The van der Waals surface area contributed by atoms with Crippen molar-refractivity contribution >= 4 is 46.0 Å². The zero-order chi connectivity index (χ0) is 23.7. The molecule has 1 saturated heterocycles. The molecule has 0 bridgehead atoms. The lowest BCUT2D eigenvalue weighted by molar-refractivity contribution is -0.154. The first kappa shape index (κ1) is 23.4. The highest BCUT2D eigenvalue weighted by Crippen LogP contribution is 2.40. The predicted octanol–water partition coefficient (Wildman–Crippen LogP) is 2.32. The van der Waals surface area contributed by atoms with Crippen LogP contribution in [-0.2, 0) is 41.5 Å². The largest absolute Gasteiger partial charge is 0.465 e. The molecule has 1 saturated carbocycles. The number of nitrogens with zero attached hydrogens (tertiary/aromatic N) is 1. The zero-order valence-electron chi connectivity index (χ0n) is 18.8. The van der Waals surface area contributed by atoms with Crippen molar-refractivity contribution in [1.29, 1.82) is 0 Å². The highest BCUT2D eigenvalue weighted by Gasteiger charge is 2.48. The van der Waals surface area contributed by atoms with Gasteiger partial charge in [0.2, 0.25) is 11.8 Å². The number of likely N-dealkylation sites (tertiary alicyclic amines) is 1. The number of fused-ring (bicyclic) bond motifs is 2. The molecule has 0 aromatic carbocycles. The Kier molecular flexibility index (Phi) is 6.83. The number of hydrogen-bond acceptors (Lipinski definition) is 8. The van der Waals surface area contributed by atoms with Gasteiger partial charge >= 0.3 is 11.9 Å². The van der Waals surface area contributed by atoms with Gasteiger partial charge in [0, 0.05) is 4.88 Å². The number of methoxy groups -OCH3 is 1. The number of amides is 3. The predicted molar refractivity (Wildman–Crippen MR) is 119 cm³/mol. The van der Waals surface area contributed by atoms with Gasteiger partial charge in [-0.25, -0.2) is 4.79 Å². The molecule has 178 valence electrons. The van der Waals surface area contributed by atoms with Crippen LogP contribution in [0.5, 0.6) is 0 Å². The Balaban J connectivity index is 1.35. The van der Waals surface area contributed by atoms with Gasteiger partial charge in [0.15, 0.2) is 6.61 Å². The van der Waals surface area contributed by atoms with Crippen molar-refractivity contribution in [3.05, 3.63) is 16.0 Å². The molecule has 3 amide bonds. The van der Waals surface area contributed by atoms with E-state index in [-0.39, 0.29) is 23.7 Å². The topological polar surface area (TPSA) is 119 Å². The smallest absolute Gasteiger partial charge is 0.341 e. The van der Waals surface area contributed by atoms with Crippen LogP contribution in [0.15, 0.2) is 0 Å². The normalized spacial score (nSPS) is 24.2. The van der Waals surface area contributed by atoms with E-state index in [0.29, 0.717) is 29.3 Å². The van der Waals surface area contributed by atoms with Crippen molar-refractivity contribution < 1.29 is 33.4 Å². The average Bonchev–Trinajstić information content (AvgIpc) is 3.27. The third-order valence-electron chi connectivity index (χ3n) is 6.74. The Morgan fingerprint density at radius 2 is 1.76 bits per heavy atom. The summed E-state index contributed by atoms with van der Waals surface area (Å²) in [5.74, 6) is -2.78. The molecule has 1 N–H and O–H groups in total. The molecule has 9 nitrogen and oxygen atoms in total. The van der Waals surface area contributed by atoms with E-state index in [1.165, 1.54) is 18.4 Å². The maximum absolute atomic E-state index is 12.5. The Bertz CT molecular complexity index is 977. The number of ether oxygens (including phenoxy) is 2. The fourth-order valence-electron chi connectivity index (χ4n) is 5.03. The number of anilines is 1. The van der Waals surface area contributed by atoms with Gasteiger partial charge in [-0.15, -0.1) is 11.3 Å². The number of hydrogen-bond donors (Lipinski definition) is 1. The lowest BCUT2D eigenvalue weighted by Crippen LogP contribution is -2.37.